The van der Waals surface area contributed by atoms with Gasteiger partial charge < -0.3 is 14.8 Å². The SMILES string of the molecule is CC(C)CNC(=S)N(CCc1cncn1Cc1ccc(C#N)cc1)Cc1ccccc1C(F)(F)F. The molecule has 0 aliphatic carbocycles. The summed E-state index contributed by atoms with van der Waals surface area (Å²) in [5.74, 6) is 0.339. The van der Waals surface area contributed by atoms with E-state index < -0.39 is 11.7 Å². The molecule has 0 aliphatic heterocycles. The number of halogens is 3. The van der Waals surface area contributed by atoms with Crippen LogP contribution < -0.4 is 5.32 Å². The molecule has 1 N–H and O–H groups in total. The number of thiocarbonyl (C=S) groups is 1. The van der Waals surface area contributed by atoms with Crippen LogP contribution in [0.4, 0.5) is 13.2 Å². The van der Waals surface area contributed by atoms with Gasteiger partial charge in [0.15, 0.2) is 5.11 Å². The van der Waals surface area contributed by atoms with Gasteiger partial charge in [-0.25, -0.2) is 4.98 Å². The van der Waals surface area contributed by atoms with E-state index in [-0.39, 0.29) is 12.1 Å². The Kier molecular flexibility index (Phi) is 8.88. The summed E-state index contributed by atoms with van der Waals surface area (Å²) < 4.78 is 42.7. The van der Waals surface area contributed by atoms with Crippen LogP contribution in [0, 0.1) is 17.2 Å². The van der Waals surface area contributed by atoms with Crippen molar-refractivity contribution in [3.8, 4) is 6.07 Å². The lowest BCUT2D eigenvalue weighted by atomic mass is 10.1. The third-order valence-corrected chi connectivity index (χ3v) is 5.91. The average molecular weight is 500 g/mol. The average Bonchev–Trinajstić information content (AvgIpc) is 3.27. The number of nitriles is 1. The molecule has 0 atom stereocenters. The summed E-state index contributed by atoms with van der Waals surface area (Å²) in [6.07, 6.45) is -0.398. The first-order chi connectivity index (χ1) is 16.7. The number of aromatic nitrogens is 2. The molecule has 0 saturated heterocycles. The normalized spacial score (nSPS) is 11.3. The predicted octanol–water partition coefficient (Wildman–Crippen LogP) is 5.40. The Morgan fingerprint density at radius 2 is 1.89 bits per heavy atom. The Hall–Kier alpha value is -3.38. The predicted molar refractivity (Wildman–Crippen MR) is 133 cm³/mol. The summed E-state index contributed by atoms with van der Waals surface area (Å²) >= 11 is 5.57. The van der Waals surface area contributed by atoms with Gasteiger partial charge in [-0.2, -0.15) is 18.4 Å². The molecule has 2 aromatic carbocycles. The number of imidazole rings is 1. The lowest BCUT2D eigenvalue weighted by Gasteiger charge is -2.28. The highest BCUT2D eigenvalue weighted by atomic mass is 32.1. The highest BCUT2D eigenvalue weighted by molar-refractivity contribution is 7.80. The van der Waals surface area contributed by atoms with Crippen LogP contribution in [0.3, 0.4) is 0 Å². The zero-order chi connectivity index (χ0) is 25.4. The van der Waals surface area contributed by atoms with Gasteiger partial charge >= 0.3 is 6.18 Å². The van der Waals surface area contributed by atoms with Crippen molar-refractivity contribution in [2.75, 3.05) is 13.1 Å². The van der Waals surface area contributed by atoms with Gasteiger partial charge in [0.1, 0.15) is 0 Å². The summed E-state index contributed by atoms with van der Waals surface area (Å²) in [6, 6.07) is 15.0. The number of hydrogen-bond acceptors (Lipinski definition) is 3. The Labute approximate surface area is 209 Å². The molecule has 0 radical (unpaired) electrons. The van der Waals surface area contributed by atoms with Crippen LogP contribution in [0.2, 0.25) is 0 Å². The minimum absolute atomic E-state index is 0.0450. The topological polar surface area (TPSA) is 56.9 Å². The molecule has 9 heteroatoms. The summed E-state index contributed by atoms with van der Waals surface area (Å²) in [7, 11) is 0. The maximum atomic E-state index is 13.6. The van der Waals surface area contributed by atoms with Crippen molar-refractivity contribution in [1.82, 2.24) is 19.8 Å². The molecule has 0 amide bonds. The molecular weight excluding hydrogens is 471 g/mol. The fraction of sp³-hybridized carbons (Fsp3) is 0.346. The van der Waals surface area contributed by atoms with Crippen molar-refractivity contribution in [1.29, 1.82) is 5.26 Å². The van der Waals surface area contributed by atoms with Crippen LogP contribution >= 0.6 is 12.2 Å². The zero-order valence-electron chi connectivity index (χ0n) is 19.7. The van der Waals surface area contributed by atoms with E-state index in [0.717, 1.165) is 17.3 Å². The van der Waals surface area contributed by atoms with Crippen molar-refractivity contribution >= 4 is 17.3 Å². The van der Waals surface area contributed by atoms with Gasteiger partial charge in [-0.15, -0.1) is 0 Å². The van der Waals surface area contributed by atoms with Crippen LogP contribution in [0.5, 0.6) is 0 Å². The molecular formula is C26H28F3N5S. The van der Waals surface area contributed by atoms with Gasteiger partial charge in [-0.3, -0.25) is 0 Å². The molecule has 3 aromatic rings. The molecule has 35 heavy (non-hydrogen) atoms. The molecule has 0 aliphatic rings. The van der Waals surface area contributed by atoms with Gasteiger partial charge in [0, 0.05) is 44.5 Å². The highest BCUT2D eigenvalue weighted by Crippen LogP contribution is 2.32. The summed E-state index contributed by atoms with van der Waals surface area (Å²) in [6.45, 7) is 5.76. The monoisotopic (exact) mass is 499 g/mol. The molecule has 1 heterocycles. The van der Waals surface area contributed by atoms with E-state index in [1.807, 2.05) is 30.5 Å². The van der Waals surface area contributed by atoms with Gasteiger partial charge in [0.2, 0.25) is 0 Å². The summed E-state index contributed by atoms with van der Waals surface area (Å²) in [5, 5.41) is 12.6. The molecule has 0 fully saturated rings. The second-order valence-corrected chi connectivity index (χ2v) is 9.11. The number of nitrogens with one attached hydrogen (secondary N) is 1. The first-order valence-corrected chi connectivity index (χ1v) is 11.7. The third kappa shape index (κ3) is 7.55. The maximum absolute atomic E-state index is 13.6. The number of benzene rings is 2. The quantitative estimate of drug-likeness (QED) is 0.400. The van der Waals surface area contributed by atoms with Crippen molar-refractivity contribution in [3.63, 3.8) is 0 Å². The Balaban J connectivity index is 1.76. The number of hydrogen-bond donors (Lipinski definition) is 1. The largest absolute Gasteiger partial charge is 0.416 e. The summed E-state index contributed by atoms with van der Waals surface area (Å²) in [5.41, 5.74) is 2.09. The van der Waals surface area contributed by atoms with Crippen LogP contribution in [0.1, 0.15) is 41.8 Å². The van der Waals surface area contributed by atoms with Crippen LogP contribution in [-0.2, 0) is 25.7 Å². The number of rotatable bonds is 9. The Bertz CT molecular complexity index is 1160. The van der Waals surface area contributed by atoms with E-state index in [9.17, 15) is 13.2 Å². The van der Waals surface area contributed by atoms with Gasteiger partial charge in [-0.1, -0.05) is 44.2 Å². The van der Waals surface area contributed by atoms with E-state index in [4.69, 9.17) is 17.5 Å². The van der Waals surface area contributed by atoms with Gasteiger partial charge in [0.25, 0.3) is 0 Å². The maximum Gasteiger partial charge on any atom is 0.416 e. The lowest BCUT2D eigenvalue weighted by Crippen LogP contribution is -2.42. The van der Waals surface area contributed by atoms with Crippen molar-refractivity contribution in [2.24, 2.45) is 5.92 Å². The van der Waals surface area contributed by atoms with E-state index in [0.29, 0.717) is 42.6 Å². The van der Waals surface area contributed by atoms with Crippen LogP contribution in [0.25, 0.3) is 0 Å². The minimum Gasteiger partial charge on any atom is -0.362 e. The molecule has 184 valence electrons. The van der Waals surface area contributed by atoms with E-state index in [1.54, 1.807) is 35.6 Å². The number of alkyl halides is 3. The van der Waals surface area contributed by atoms with E-state index in [2.05, 4.69) is 16.4 Å². The molecule has 5 nitrogen and oxygen atoms in total. The number of nitrogens with zero attached hydrogens (tertiary/aromatic N) is 4. The molecule has 0 bridgehead atoms. The summed E-state index contributed by atoms with van der Waals surface area (Å²) in [4.78, 5) is 6.04. The van der Waals surface area contributed by atoms with Gasteiger partial charge in [0.05, 0.1) is 23.5 Å². The highest BCUT2D eigenvalue weighted by Gasteiger charge is 2.33. The second kappa shape index (κ2) is 11.8. The second-order valence-electron chi connectivity index (χ2n) is 8.73. The fourth-order valence-electron chi connectivity index (χ4n) is 3.63. The third-order valence-electron chi connectivity index (χ3n) is 5.51. The molecule has 3 rings (SSSR count). The smallest absolute Gasteiger partial charge is 0.362 e. The lowest BCUT2D eigenvalue weighted by molar-refractivity contribution is -0.138. The standard InChI is InChI=1S/C26H28F3N5S/c1-19(2)14-32-25(35)33(17-22-5-3-4-6-24(22)26(27,28)29)12-11-23-15-31-18-34(23)16-21-9-7-20(13-30)8-10-21/h3-10,15,18-19H,11-12,14,16-17H2,1-2H3,(H,32,35). The van der Waals surface area contributed by atoms with E-state index in [1.165, 1.54) is 12.1 Å². The molecule has 0 unspecified atom stereocenters. The Morgan fingerprint density at radius 3 is 2.54 bits per heavy atom. The van der Waals surface area contributed by atoms with Gasteiger partial charge in [-0.05, 0) is 47.5 Å². The van der Waals surface area contributed by atoms with E-state index >= 15 is 0 Å². The zero-order valence-corrected chi connectivity index (χ0v) is 20.5. The first kappa shape index (κ1) is 26.2. The molecule has 1 aromatic heterocycles. The van der Waals surface area contributed by atoms with Crippen LogP contribution in [-0.4, -0.2) is 32.7 Å². The minimum atomic E-state index is -4.44. The first-order valence-electron chi connectivity index (χ1n) is 11.3. The Morgan fingerprint density at radius 1 is 1.17 bits per heavy atom. The van der Waals surface area contributed by atoms with Crippen molar-refractivity contribution < 1.29 is 13.2 Å². The van der Waals surface area contributed by atoms with Crippen LogP contribution in [0.15, 0.2) is 61.1 Å². The van der Waals surface area contributed by atoms with Crippen molar-refractivity contribution in [3.05, 3.63) is 89.0 Å². The fourth-order valence-corrected chi connectivity index (χ4v) is 3.86. The molecule has 0 spiro atoms. The molecule has 0 saturated carbocycles. The van der Waals surface area contributed by atoms with Crippen molar-refractivity contribution in [2.45, 2.75) is 39.5 Å².